The van der Waals surface area contributed by atoms with Crippen LogP contribution in [-0.4, -0.2) is 15.4 Å². The summed E-state index contributed by atoms with van der Waals surface area (Å²) in [5.41, 5.74) is 1.98. The molecule has 0 fully saturated rings. The van der Waals surface area contributed by atoms with Crippen molar-refractivity contribution in [3.05, 3.63) is 57.6 Å². The molecule has 0 atom stereocenters. The molecular weight excluding hydrogens is 373 g/mol. The molecule has 8 heteroatoms. The third-order valence-corrected chi connectivity index (χ3v) is 3.90. The number of nitrogens with one attached hydrogen (secondary N) is 2. The van der Waals surface area contributed by atoms with Gasteiger partial charge >= 0.3 is 6.18 Å². The van der Waals surface area contributed by atoms with Gasteiger partial charge in [-0.3, -0.25) is 0 Å². The van der Waals surface area contributed by atoms with Gasteiger partial charge in [0.2, 0.25) is 0 Å². The number of fused-ring (bicyclic) bond motifs is 1. The van der Waals surface area contributed by atoms with Crippen LogP contribution in [0.5, 0.6) is 0 Å². The molecule has 120 valence electrons. The van der Waals surface area contributed by atoms with E-state index in [4.69, 9.17) is 0 Å². The molecule has 0 saturated heterocycles. The smallest absolute Gasteiger partial charge is 0.309 e. The second kappa shape index (κ2) is 6.29. The Kier molecular flexibility index (Phi) is 4.36. The fourth-order valence-electron chi connectivity index (χ4n) is 2.30. The first-order chi connectivity index (χ1) is 10.9. The Morgan fingerprint density at radius 3 is 2.57 bits per heavy atom. The number of benzene rings is 2. The summed E-state index contributed by atoms with van der Waals surface area (Å²) < 4.78 is 39.6. The molecule has 2 aromatic carbocycles. The van der Waals surface area contributed by atoms with Gasteiger partial charge < -0.3 is 5.32 Å². The maximum absolute atomic E-state index is 13.1. The number of rotatable bonds is 4. The molecule has 0 aliphatic heterocycles. The van der Waals surface area contributed by atoms with Crippen molar-refractivity contribution >= 4 is 27.0 Å². The monoisotopic (exact) mass is 384 g/mol. The molecule has 0 amide bonds. The van der Waals surface area contributed by atoms with Gasteiger partial charge in [0.25, 0.3) is 0 Å². The highest BCUT2D eigenvalue weighted by Crippen LogP contribution is 2.33. The third kappa shape index (κ3) is 3.70. The van der Waals surface area contributed by atoms with Crippen LogP contribution in [0.3, 0.4) is 0 Å². The lowest BCUT2D eigenvalue weighted by atomic mass is 10.1. The molecule has 1 heterocycles. The van der Waals surface area contributed by atoms with Crippen molar-refractivity contribution in [3.63, 3.8) is 0 Å². The zero-order valence-corrected chi connectivity index (χ0v) is 13.4. The van der Waals surface area contributed by atoms with E-state index in [1.165, 1.54) is 6.07 Å². The molecule has 0 bridgehead atoms. The van der Waals surface area contributed by atoms with E-state index < -0.39 is 11.7 Å². The van der Waals surface area contributed by atoms with Gasteiger partial charge in [-0.2, -0.15) is 28.6 Å². The summed E-state index contributed by atoms with van der Waals surface area (Å²) in [5.74, 6) is 0. The van der Waals surface area contributed by atoms with E-state index in [2.05, 4.69) is 36.7 Å². The van der Waals surface area contributed by atoms with Gasteiger partial charge in [-0.15, -0.1) is 0 Å². The average molecular weight is 385 g/mol. The zero-order valence-electron chi connectivity index (χ0n) is 11.8. The van der Waals surface area contributed by atoms with Gasteiger partial charge in [0.05, 0.1) is 5.56 Å². The van der Waals surface area contributed by atoms with Gasteiger partial charge in [-0.25, -0.2) is 0 Å². The van der Waals surface area contributed by atoms with Crippen molar-refractivity contribution in [2.75, 3.05) is 0 Å². The number of aromatic nitrogens is 3. The number of halogens is 4. The van der Waals surface area contributed by atoms with Gasteiger partial charge in [0.15, 0.2) is 0 Å². The van der Waals surface area contributed by atoms with Gasteiger partial charge in [-0.05, 0) is 35.4 Å². The van der Waals surface area contributed by atoms with Crippen molar-refractivity contribution in [1.82, 2.24) is 20.7 Å². The van der Waals surface area contributed by atoms with Gasteiger partial charge in [0.1, 0.15) is 11.0 Å². The fourth-order valence-corrected chi connectivity index (χ4v) is 2.67. The number of H-pyrrole nitrogens is 1. The van der Waals surface area contributed by atoms with Gasteiger partial charge in [-0.1, -0.05) is 28.1 Å². The van der Waals surface area contributed by atoms with Crippen molar-refractivity contribution in [1.29, 1.82) is 0 Å². The van der Waals surface area contributed by atoms with E-state index >= 15 is 0 Å². The van der Waals surface area contributed by atoms with Crippen LogP contribution in [0.4, 0.5) is 13.2 Å². The molecule has 2 N–H and O–H groups in total. The summed E-state index contributed by atoms with van der Waals surface area (Å²) in [6.45, 7) is 0.565. The van der Waals surface area contributed by atoms with E-state index in [0.29, 0.717) is 11.0 Å². The Morgan fingerprint density at radius 2 is 1.78 bits per heavy atom. The summed E-state index contributed by atoms with van der Waals surface area (Å²) >= 11 is 3.08. The van der Waals surface area contributed by atoms with Crippen molar-refractivity contribution < 1.29 is 13.2 Å². The lowest BCUT2D eigenvalue weighted by Crippen LogP contribution is -2.17. The SMILES string of the molecule is FC(F)(F)c1cc(Br)ccc1CNCc1ccc2n[nH]nc2c1. The first-order valence-corrected chi connectivity index (χ1v) is 7.58. The average Bonchev–Trinajstić information content (AvgIpc) is 2.95. The number of alkyl halides is 3. The molecule has 0 unspecified atom stereocenters. The quantitative estimate of drug-likeness (QED) is 0.713. The minimum absolute atomic E-state index is 0.124. The van der Waals surface area contributed by atoms with Crippen LogP contribution in [0.1, 0.15) is 16.7 Å². The van der Waals surface area contributed by atoms with Crippen LogP contribution < -0.4 is 5.32 Å². The Morgan fingerprint density at radius 1 is 1.00 bits per heavy atom. The minimum Gasteiger partial charge on any atom is -0.309 e. The normalized spacial score (nSPS) is 12.0. The molecule has 1 aromatic heterocycles. The van der Waals surface area contributed by atoms with Crippen LogP contribution >= 0.6 is 15.9 Å². The zero-order chi connectivity index (χ0) is 16.4. The maximum atomic E-state index is 13.1. The van der Waals surface area contributed by atoms with Crippen LogP contribution in [-0.2, 0) is 19.3 Å². The van der Waals surface area contributed by atoms with E-state index in [0.717, 1.165) is 22.7 Å². The predicted molar refractivity (Wildman–Crippen MR) is 83.6 cm³/mol. The van der Waals surface area contributed by atoms with Crippen LogP contribution in [0, 0.1) is 0 Å². The highest BCUT2D eigenvalue weighted by Gasteiger charge is 2.33. The molecule has 3 rings (SSSR count). The Labute approximate surface area is 138 Å². The molecular formula is C15H12BrF3N4. The topological polar surface area (TPSA) is 53.6 Å². The molecule has 0 aliphatic rings. The Bertz CT molecular complexity index is 829. The summed E-state index contributed by atoms with van der Waals surface area (Å²) in [7, 11) is 0. The number of hydrogen-bond acceptors (Lipinski definition) is 3. The van der Waals surface area contributed by atoms with E-state index in [9.17, 15) is 13.2 Å². The fraction of sp³-hybridized carbons (Fsp3) is 0.200. The molecule has 0 aliphatic carbocycles. The van der Waals surface area contributed by atoms with Crippen LogP contribution in [0.25, 0.3) is 11.0 Å². The highest BCUT2D eigenvalue weighted by molar-refractivity contribution is 9.10. The standard InChI is InChI=1S/C15H12BrF3N4/c16-11-3-2-10(12(6-11)15(17,18)19)8-20-7-9-1-4-13-14(5-9)22-23-21-13/h1-6,20H,7-8H2,(H,21,22,23). The first-order valence-electron chi connectivity index (χ1n) is 6.79. The third-order valence-electron chi connectivity index (χ3n) is 3.40. The lowest BCUT2D eigenvalue weighted by molar-refractivity contribution is -0.138. The van der Waals surface area contributed by atoms with Crippen LogP contribution in [0.15, 0.2) is 40.9 Å². The predicted octanol–water partition coefficient (Wildman–Crippen LogP) is 4.03. The summed E-state index contributed by atoms with van der Waals surface area (Å²) in [6, 6.07) is 9.70. The molecule has 0 spiro atoms. The van der Waals surface area contributed by atoms with E-state index in [1.807, 2.05) is 18.2 Å². The second-order valence-corrected chi connectivity index (χ2v) is 5.97. The molecule has 0 radical (unpaired) electrons. The first kappa shape index (κ1) is 15.9. The Balaban J connectivity index is 1.71. The summed E-state index contributed by atoms with van der Waals surface area (Å²) in [4.78, 5) is 0. The number of hydrogen-bond donors (Lipinski definition) is 2. The van der Waals surface area contributed by atoms with Crippen molar-refractivity contribution in [2.24, 2.45) is 0 Å². The van der Waals surface area contributed by atoms with Crippen molar-refractivity contribution in [3.8, 4) is 0 Å². The van der Waals surface area contributed by atoms with E-state index in [1.54, 1.807) is 6.07 Å². The molecule has 23 heavy (non-hydrogen) atoms. The number of nitrogens with zero attached hydrogens (tertiary/aromatic N) is 2. The minimum atomic E-state index is -4.37. The molecule has 4 nitrogen and oxygen atoms in total. The summed E-state index contributed by atoms with van der Waals surface area (Å²) in [5, 5.41) is 13.5. The van der Waals surface area contributed by atoms with Gasteiger partial charge in [0, 0.05) is 17.6 Å². The lowest BCUT2D eigenvalue weighted by Gasteiger charge is -2.14. The van der Waals surface area contributed by atoms with Crippen LogP contribution in [0.2, 0.25) is 0 Å². The number of aromatic amines is 1. The summed E-state index contributed by atoms with van der Waals surface area (Å²) in [6.07, 6.45) is -4.37. The molecule has 0 saturated carbocycles. The molecule has 3 aromatic rings. The Hall–Kier alpha value is -1.93. The highest BCUT2D eigenvalue weighted by atomic mass is 79.9. The largest absolute Gasteiger partial charge is 0.416 e. The maximum Gasteiger partial charge on any atom is 0.416 e. The second-order valence-electron chi connectivity index (χ2n) is 5.05. The van der Waals surface area contributed by atoms with E-state index in [-0.39, 0.29) is 12.1 Å². The van der Waals surface area contributed by atoms with Crippen molar-refractivity contribution in [2.45, 2.75) is 19.3 Å².